The zero-order valence-electron chi connectivity index (χ0n) is 15.2. The van der Waals surface area contributed by atoms with Crippen LogP contribution < -0.4 is 19.5 Å². The second-order valence-corrected chi connectivity index (χ2v) is 7.01. The Morgan fingerprint density at radius 1 is 0.964 bits per heavy atom. The number of hydrogen-bond donors (Lipinski definition) is 1. The van der Waals surface area contributed by atoms with Crippen molar-refractivity contribution >= 4 is 39.1 Å². The molecule has 0 saturated carbocycles. The summed E-state index contributed by atoms with van der Waals surface area (Å²) in [5.74, 6) is 2.34. The van der Waals surface area contributed by atoms with Crippen LogP contribution in [0.1, 0.15) is 5.56 Å². The second-order valence-electron chi connectivity index (χ2n) is 6.57. The van der Waals surface area contributed by atoms with Crippen molar-refractivity contribution in [1.82, 2.24) is 4.98 Å². The standard InChI is InChI=1S/C22H17ClN2O3/c1-26-15-4-6-18-17(10-15)22(16-5-3-14(23)9-19(16)25-18)24-11-13-2-7-20-21(8-13)28-12-27-20/h2-10H,11-12H2,1H3,(H,24,25). The lowest BCUT2D eigenvalue weighted by Gasteiger charge is -2.14. The predicted octanol–water partition coefficient (Wildman–Crippen LogP) is 5.39. The maximum Gasteiger partial charge on any atom is 0.231 e. The molecule has 140 valence electrons. The fourth-order valence-electron chi connectivity index (χ4n) is 3.46. The molecule has 5 nitrogen and oxygen atoms in total. The molecule has 4 aromatic rings. The summed E-state index contributed by atoms with van der Waals surface area (Å²) in [6.45, 7) is 0.900. The highest BCUT2D eigenvalue weighted by molar-refractivity contribution is 6.31. The summed E-state index contributed by atoms with van der Waals surface area (Å²) in [4.78, 5) is 4.76. The number of rotatable bonds is 4. The summed E-state index contributed by atoms with van der Waals surface area (Å²) in [5, 5.41) is 6.24. The second kappa shape index (κ2) is 6.77. The summed E-state index contributed by atoms with van der Waals surface area (Å²) in [6, 6.07) is 17.6. The Labute approximate surface area is 166 Å². The molecule has 1 N–H and O–H groups in total. The molecule has 0 spiro atoms. The molecule has 5 rings (SSSR count). The van der Waals surface area contributed by atoms with Crippen molar-refractivity contribution in [2.45, 2.75) is 6.54 Å². The normalized spacial score (nSPS) is 12.5. The molecule has 1 aliphatic rings. The van der Waals surface area contributed by atoms with E-state index in [0.717, 1.165) is 50.3 Å². The third-order valence-electron chi connectivity index (χ3n) is 4.85. The highest BCUT2D eigenvalue weighted by atomic mass is 35.5. The number of fused-ring (bicyclic) bond motifs is 3. The minimum absolute atomic E-state index is 0.270. The quantitative estimate of drug-likeness (QED) is 0.472. The molecule has 2 heterocycles. The molecule has 1 aromatic heterocycles. The van der Waals surface area contributed by atoms with Crippen LogP contribution in [0.25, 0.3) is 21.8 Å². The van der Waals surface area contributed by atoms with Gasteiger partial charge in [0.2, 0.25) is 6.79 Å². The lowest BCUT2D eigenvalue weighted by Crippen LogP contribution is -2.02. The Morgan fingerprint density at radius 3 is 2.75 bits per heavy atom. The van der Waals surface area contributed by atoms with Gasteiger partial charge in [0.15, 0.2) is 11.5 Å². The molecular formula is C22H17ClN2O3. The molecule has 0 fully saturated rings. The fraction of sp³-hybridized carbons (Fsp3) is 0.136. The maximum atomic E-state index is 6.19. The van der Waals surface area contributed by atoms with Crippen molar-refractivity contribution in [3.05, 3.63) is 65.2 Å². The van der Waals surface area contributed by atoms with Gasteiger partial charge in [-0.05, 0) is 54.1 Å². The third kappa shape index (κ3) is 2.94. The third-order valence-corrected chi connectivity index (χ3v) is 5.08. The molecule has 0 atom stereocenters. The van der Waals surface area contributed by atoms with Crippen LogP contribution in [0.3, 0.4) is 0 Å². The van der Waals surface area contributed by atoms with E-state index in [2.05, 4.69) is 5.32 Å². The maximum absolute atomic E-state index is 6.19. The fourth-order valence-corrected chi connectivity index (χ4v) is 3.62. The van der Waals surface area contributed by atoms with Gasteiger partial charge in [-0.25, -0.2) is 4.98 Å². The van der Waals surface area contributed by atoms with Crippen LogP contribution in [0.4, 0.5) is 5.69 Å². The molecule has 0 amide bonds. The van der Waals surface area contributed by atoms with Crippen LogP contribution in [0.15, 0.2) is 54.6 Å². The van der Waals surface area contributed by atoms with Crippen LogP contribution in [0.2, 0.25) is 5.02 Å². The first-order chi connectivity index (χ1) is 13.7. The minimum Gasteiger partial charge on any atom is -0.497 e. The van der Waals surface area contributed by atoms with Crippen LogP contribution in [0.5, 0.6) is 17.2 Å². The van der Waals surface area contributed by atoms with Gasteiger partial charge >= 0.3 is 0 Å². The zero-order chi connectivity index (χ0) is 19.1. The Hall–Kier alpha value is -3.18. The average Bonchev–Trinajstić information content (AvgIpc) is 3.18. The number of ether oxygens (including phenoxy) is 3. The number of nitrogens with zero attached hydrogens (tertiary/aromatic N) is 1. The van der Waals surface area contributed by atoms with Gasteiger partial charge in [-0.15, -0.1) is 0 Å². The van der Waals surface area contributed by atoms with Crippen LogP contribution in [-0.2, 0) is 6.54 Å². The van der Waals surface area contributed by atoms with E-state index in [-0.39, 0.29) is 6.79 Å². The predicted molar refractivity (Wildman–Crippen MR) is 111 cm³/mol. The Kier molecular flexibility index (Phi) is 4.10. The number of anilines is 1. The van der Waals surface area contributed by atoms with Crippen molar-refractivity contribution in [2.75, 3.05) is 19.2 Å². The highest BCUT2D eigenvalue weighted by Gasteiger charge is 2.14. The smallest absolute Gasteiger partial charge is 0.231 e. The summed E-state index contributed by atoms with van der Waals surface area (Å²) < 4.78 is 16.3. The van der Waals surface area contributed by atoms with Gasteiger partial charge in [0.25, 0.3) is 0 Å². The van der Waals surface area contributed by atoms with Crippen molar-refractivity contribution in [3.63, 3.8) is 0 Å². The van der Waals surface area contributed by atoms with Crippen molar-refractivity contribution < 1.29 is 14.2 Å². The number of aromatic nitrogens is 1. The minimum atomic E-state index is 0.270. The molecule has 0 radical (unpaired) electrons. The molecule has 3 aromatic carbocycles. The Bertz CT molecular complexity index is 1210. The molecule has 28 heavy (non-hydrogen) atoms. The monoisotopic (exact) mass is 392 g/mol. The van der Waals surface area contributed by atoms with Crippen molar-refractivity contribution in [3.8, 4) is 17.2 Å². The number of methoxy groups -OCH3 is 1. The van der Waals surface area contributed by atoms with E-state index in [4.69, 9.17) is 30.8 Å². The van der Waals surface area contributed by atoms with Crippen molar-refractivity contribution in [2.24, 2.45) is 0 Å². The summed E-state index contributed by atoms with van der Waals surface area (Å²) in [5.41, 5.74) is 3.81. The largest absolute Gasteiger partial charge is 0.497 e. The van der Waals surface area contributed by atoms with Gasteiger partial charge in [0.05, 0.1) is 23.8 Å². The lowest BCUT2D eigenvalue weighted by molar-refractivity contribution is 0.174. The van der Waals surface area contributed by atoms with E-state index < -0.39 is 0 Å². The number of pyridine rings is 1. The van der Waals surface area contributed by atoms with Gasteiger partial charge in [-0.1, -0.05) is 17.7 Å². The van der Waals surface area contributed by atoms with Gasteiger partial charge < -0.3 is 19.5 Å². The summed E-state index contributed by atoms with van der Waals surface area (Å²) in [7, 11) is 1.66. The molecule has 1 aliphatic heterocycles. The van der Waals surface area contributed by atoms with E-state index in [9.17, 15) is 0 Å². The first-order valence-corrected chi connectivity index (χ1v) is 9.28. The first kappa shape index (κ1) is 17.0. The average molecular weight is 393 g/mol. The van der Waals surface area contributed by atoms with E-state index in [1.54, 1.807) is 7.11 Å². The van der Waals surface area contributed by atoms with Crippen molar-refractivity contribution in [1.29, 1.82) is 0 Å². The van der Waals surface area contributed by atoms with Gasteiger partial charge in [-0.2, -0.15) is 0 Å². The zero-order valence-corrected chi connectivity index (χ0v) is 15.9. The lowest BCUT2D eigenvalue weighted by atomic mass is 10.1. The molecular weight excluding hydrogens is 376 g/mol. The molecule has 0 bridgehead atoms. The van der Waals surface area contributed by atoms with Crippen LogP contribution >= 0.6 is 11.6 Å². The number of nitrogens with one attached hydrogen (secondary N) is 1. The van der Waals surface area contributed by atoms with E-state index in [1.807, 2.05) is 54.6 Å². The first-order valence-electron chi connectivity index (χ1n) is 8.91. The SMILES string of the molecule is COc1ccc2nc3cc(Cl)ccc3c(NCc3ccc4c(c3)OCO4)c2c1. The number of benzene rings is 3. The van der Waals surface area contributed by atoms with Crippen LogP contribution in [-0.4, -0.2) is 18.9 Å². The van der Waals surface area contributed by atoms with E-state index in [1.165, 1.54) is 0 Å². The van der Waals surface area contributed by atoms with E-state index >= 15 is 0 Å². The number of halogens is 1. The Balaban J connectivity index is 1.60. The molecule has 0 unspecified atom stereocenters. The summed E-state index contributed by atoms with van der Waals surface area (Å²) >= 11 is 6.19. The Morgan fingerprint density at radius 2 is 1.86 bits per heavy atom. The van der Waals surface area contributed by atoms with Crippen LogP contribution in [0, 0.1) is 0 Å². The van der Waals surface area contributed by atoms with E-state index in [0.29, 0.717) is 11.6 Å². The van der Waals surface area contributed by atoms with Gasteiger partial charge in [0.1, 0.15) is 5.75 Å². The summed E-state index contributed by atoms with van der Waals surface area (Å²) in [6.07, 6.45) is 0. The molecule has 0 aliphatic carbocycles. The molecule has 6 heteroatoms. The highest BCUT2D eigenvalue weighted by Crippen LogP contribution is 2.36. The topological polar surface area (TPSA) is 52.6 Å². The number of hydrogen-bond acceptors (Lipinski definition) is 5. The van der Waals surface area contributed by atoms with Gasteiger partial charge in [-0.3, -0.25) is 0 Å². The van der Waals surface area contributed by atoms with Gasteiger partial charge in [0, 0.05) is 22.3 Å². The molecule has 0 saturated heterocycles.